The summed E-state index contributed by atoms with van der Waals surface area (Å²) >= 11 is 0. The highest BCUT2D eigenvalue weighted by molar-refractivity contribution is 5.80. The molecule has 3 rings (SSSR count). The third-order valence-corrected chi connectivity index (χ3v) is 5.44. The van der Waals surface area contributed by atoms with Crippen LogP contribution in [0, 0.1) is 0 Å². The van der Waals surface area contributed by atoms with E-state index in [0.717, 1.165) is 64.5 Å². The summed E-state index contributed by atoms with van der Waals surface area (Å²) in [7, 11) is 2.23. The molecule has 0 saturated carbocycles. The number of piperazine rings is 1. The highest BCUT2D eigenvalue weighted by atomic mass is 15.3. The van der Waals surface area contributed by atoms with E-state index in [4.69, 9.17) is 4.99 Å². The van der Waals surface area contributed by atoms with Gasteiger partial charge < -0.3 is 15.5 Å². The second kappa shape index (κ2) is 10.5. The number of nitrogens with one attached hydrogen (secondary N) is 2. The maximum absolute atomic E-state index is 4.80. The minimum atomic E-state index is 0.491. The predicted molar refractivity (Wildman–Crippen MR) is 114 cm³/mol. The van der Waals surface area contributed by atoms with E-state index < -0.39 is 0 Å². The van der Waals surface area contributed by atoms with Crippen molar-refractivity contribution in [3.8, 4) is 0 Å². The smallest absolute Gasteiger partial charge is 0.191 e. The Kier molecular flexibility index (Phi) is 7.72. The molecule has 0 spiro atoms. The van der Waals surface area contributed by atoms with E-state index in [1.807, 2.05) is 0 Å². The minimum absolute atomic E-state index is 0.491. The molecule has 27 heavy (non-hydrogen) atoms. The van der Waals surface area contributed by atoms with Gasteiger partial charge in [-0.25, -0.2) is 0 Å². The molecule has 1 aliphatic carbocycles. The molecule has 2 aliphatic rings. The largest absolute Gasteiger partial charge is 0.357 e. The summed E-state index contributed by atoms with van der Waals surface area (Å²) in [5, 5.41) is 6.93. The van der Waals surface area contributed by atoms with Crippen LogP contribution in [0.3, 0.4) is 0 Å². The van der Waals surface area contributed by atoms with Crippen LogP contribution in [-0.2, 0) is 0 Å². The van der Waals surface area contributed by atoms with Gasteiger partial charge in [0.1, 0.15) is 0 Å². The van der Waals surface area contributed by atoms with Crippen molar-refractivity contribution in [1.82, 2.24) is 20.4 Å². The average Bonchev–Trinajstić information content (AvgIpc) is 3.20. The summed E-state index contributed by atoms with van der Waals surface area (Å²) in [6.07, 6.45) is 7.79. The Bertz CT molecular complexity index is 604. The molecule has 1 aromatic rings. The molecule has 1 saturated heterocycles. The van der Waals surface area contributed by atoms with E-state index in [1.54, 1.807) is 0 Å². The third kappa shape index (κ3) is 6.08. The normalized spacial score (nSPS) is 22.3. The number of aliphatic imine (C=N–C) groups is 1. The highest BCUT2D eigenvalue weighted by Gasteiger charge is 2.25. The molecule has 1 heterocycles. The van der Waals surface area contributed by atoms with Gasteiger partial charge in [0.15, 0.2) is 5.96 Å². The summed E-state index contributed by atoms with van der Waals surface area (Å²) in [6, 6.07) is 11.9. The van der Waals surface area contributed by atoms with Crippen LogP contribution in [0.25, 0.3) is 0 Å². The lowest BCUT2D eigenvalue weighted by Crippen LogP contribution is -2.47. The Hall–Kier alpha value is -1.85. The van der Waals surface area contributed by atoms with Gasteiger partial charge in [0.25, 0.3) is 0 Å². The lowest BCUT2D eigenvalue weighted by molar-refractivity contribution is 0.0894. The van der Waals surface area contributed by atoms with Crippen molar-refractivity contribution in [2.75, 3.05) is 46.3 Å². The molecular formula is C22H35N5. The Morgan fingerprint density at radius 3 is 2.67 bits per heavy atom. The SMILES string of the molecule is CCNC(=NCCCN1CCN(C)CC1c1ccccc1)NC1CC=CC1. The second-order valence-corrected chi connectivity index (χ2v) is 7.62. The number of hydrogen-bond acceptors (Lipinski definition) is 3. The van der Waals surface area contributed by atoms with Gasteiger partial charge in [0.05, 0.1) is 0 Å². The number of benzene rings is 1. The van der Waals surface area contributed by atoms with Gasteiger partial charge in [0, 0.05) is 51.4 Å². The first-order valence-electron chi connectivity index (χ1n) is 10.4. The first-order chi connectivity index (χ1) is 13.3. The lowest BCUT2D eigenvalue weighted by atomic mass is 10.0. The molecule has 5 heteroatoms. The third-order valence-electron chi connectivity index (χ3n) is 5.44. The molecule has 1 aliphatic heterocycles. The maximum atomic E-state index is 4.80. The monoisotopic (exact) mass is 369 g/mol. The van der Waals surface area contributed by atoms with Crippen LogP contribution < -0.4 is 10.6 Å². The van der Waals surface area contributed by atoms with Crippen LogP contribution in [0.2, 0.25) is 0 Å². The standard InChI is InChI=1S/C22H35N5/c1-3-23-22(25-20-12-7-8-13-20)24-14-9-15-27-17-16-26(2)18-21(27)19-10-5-4-6-11-19/h4-8,10-11,20-21H,3,9,12-18H2,1-2H3,(H2,23,24,25). The van der Waals surface area contributed by atoms with Crippen LogP contribution in [0.5, 0.6) is 0 Å². The molecule has 1 aromatic carbocycles. The fraction of sp³-hybridized carbons (Fsp3) is 0.591. The van der Waals surface area contributed by atoms with Crippen molar-refractivity contribution < 1.29 is 0 Å². The first-order valence-corrected chi connectivity index (χ1v) is 10.4. The van der Waals surface area contributed by atoms with Gasteiger partial charge in [-0.2, -0.15) is 0 Å². The summed E-state index contributed by atoms with van der Waals surface area (Å²) in [5.74, 6) is 0.962. The van der Waals surface area contributed by atoms with E-state index in [0.29, 0.717) is 12.1 Å². The average molecular weight is 370 g/mol. The number of hydrogen-bond donors (Lipinski definition) is 2. The van der Waals surface area contributed by atoms with Gasteiger partial charge in [-0.1, -0.05) is 42.5 Å². The lowest BCUT2D eigenvalue weighted by Gasteiger charge is -2.40. The molecular weight excluding hydrogens is 334 g/mol. The highest BCUT2D eigenvalue weighted by Crippen LogP contribution is 2.24. The molecule has 0 amide bonds. The van der Waals surface area contributed by atoms with E-state index in [2.05, 4.69) is 76.9 Å². The van der Waals surface area contributed by atoms with Crippen molar-refractivity contribution in [3.63, 3.8) is 0 Å². The molecule has 0 aromatic heterocycles. The summed E-state index contributed by atoms with van der Waals surface area (Å²) < 4.78 is 0. The minimum Gasteiger partial charge on any atom is -0.357 e. The quantitative estimate of drug-likeness (QED) is 0.336. The van der Waals surface area contributed by atoms with Gasteiger partial charge >= 0.3 is 0 Å². The molecule has 5 nitrogen and oxygen atoms in total. The van der Waals surface area contributed by atoms with Gasteiger partial charge in [0.2, 0.25) is 0 Å². The molecule has 1 atom stereocenters. The summed E-state index contributed by atoms with van der Waals surface area (Å²) in [6.45, 7) is 8.37. The number of guanidine groups is 1. The molecule has 148 valence electrons. The summed E-state index contributed by atoms with van der Waals surface area (Å²) in [4.78, 5) is 9.87. The van der Waals surface area contributed by atoms with Gasteiger partial charge in [-0.15, -0.1) is 0 Å². The van der Waals surface area contributed by atoms with E-state index in [1.165, 1.54) is 5.56 Å². The van der Waals surface area contributed by atoms with Crippen molar-refractivity contribution in [2.24, 2.45) is 4.99 Å². The second-order valence-electron chi connectivity index (χ2n) is 7.62. The molecule has 2 N–H and O–H groups in total. The zero-order valence-corrected chi connectivity index (χ0v) is 16.9. The molecule has 1 unspecified atom stereocenters. The first kappa shape index (κ1) is 19.9. The Morgan fingerprint density at radius 2 is 1.93 bits per heavy atom. The zero-order valence-electron chi connectivity index (χ0n) is 16.9. The van der Waals surface area contributed by atoms with E-state index in [-0.39, 0.29) is 0 Å². The van der Waals surface area contributed by atoms with E-state index >= 15 is 0 Å². The molecule has 1 fully saturated rings. The fourth-order valence-electron chi connectivity index (χ4n) is 3.93. The number of likely N-dealkylation sites (N-methyl/N-ethyl adjacent to an activating group) is 1. The van der Waals surface area contributed by atoms with Crippen LogP contribution >= 0.6 is 0 Å². The van der Waals surface area contributed by atoms with Gasteiger partial charge in [-0.3, -0.25) is 9.89 Å². The fourth-order valence-corrected chi connectivity index (χ4v) is 3.93. The molecule has 0 radical (unpaired) electrons. The maximum Gasteiger partial charge on any atom is 0.191 e. The zero-order chi connectivity index (χ0) is 18.9. The number of nitrogens with zero attached hydrogens (tertiary/aromatic N) is 3. The predicted octanol–water partition coefficient (Wildman–Crippen LogP) is 2.64. The molecule has 0 bridgehead atoms. The van der Waals surface area contributed by atoms with Crippen LogP contribution in [0.4, 0.5) is 0 Å². The topological polar surface area (TPSA) is 42.9 Å². The number of rotatable bonds is 7. The van der Waals surface area contributed by atoms with Crippen LogP contribution in [0.1, 0.15) is 37.8 Å². The van der Waals surface area contributed by atoms with Crippen LogP contribution in [0.15, 0.2) is 47.5 Å². The van der Waals surface area contributed by atoms with Crippen molar-refractivity contribution in [3.05, 3.63) is 48.0 Å². The Balaban J connectivity index is 1.51. The van der Waals surface area contributed by atoms with Crippen LogP contribution in [-0.4, -0.2) is 68.1 Å². The Morgan fingerprint density at radius 1 is 1.15 bits per heavy atom. The van der Waals surface area contributed by atoms with Crippen molar-refractivity contribution in [2.45, 2.75) is 38.3 Å². The summed E-state index contributed by atoms with van der Waals surface area (Å²) in [5.41, 5.74) is 1.43. The van der Waals surface area contributed by atoms with Gasteiger partial charge in [-0.05, 0) is 38.8 Å². The Labute approximate surface area is 164 Å². The van der Waals surface area contributed by atoms with E-state index in [9.17, 15) is 0 Å². The van der Waals surface area contributed by atoms with Crippen molar-refractivity contribution in [1.29, 1.82) is 0 Å². The van der Waals surface area contributed by atoms with Crippen molar-refractivity contribution >= 4 is 5.96 Å².